The molecule has 1 N–H and O–H groups in total. The molecule has 5 rings (SSSR count). The fourth-order valence-corrected chi connectivity index (χ4v) is 3.96. The Morgan fingerprint density at radius 1 is 1.17 bits per heavy atom. The summed E-state index contributed by atoms with van der Waals surface area (Å²) in [5.74, 6) is 0.478. The summed E-state index contributed by atoms with van der Waals surface area (Å²) in [5.41, 5.74) is 2.22. The van der Waals surface area contributed by atoms with E-state index >= 15 is 0 Å². The molecule has 1 amide bonds. The summed E-state index contributed by atoms with van der Waals surface area (Å²) >= 11 is 1.29. The highest BCUT2D eigenvalue weighted by Crippen LogP contribution is 2.35. The van der Waals surface area contributed by atoms with Gasteiger partial charge in [-0.3, -0.25) is 10.1 Å². The van der Waals surface area contributed by atoms with E-state index in [1.54, 1.807) is 19.1 Å². The summed E-state index contributed by atoms with van der Waals surface area (Å²) < 4.78 is 30.5. The van der Waals surface area contributed by atoms with Crippen LogP contribution in [0.25, 0.3) is 22.2 Å². The van der Waals surface area contributed by atoms with Crippen molar-refractivity contribution in [3.63, 3.8) is 0 Å². The van der Waals surface area contributed by atoms with Crippen molar-refractivity contribution in [3.8, 4) is 22.8 Å². The van der Waals surface area contributed by atoms with E-state index in [4.69, 9.17) is 13.9 Å². The molecule has 6 nitrogen and oxygen atoms in total. The number of carbonyl (C=O) groups is 1. The number of ether oxygens (including phenoxy) is 2. The third-order valence-corrected chi connectivity index (χ3v) is 5.44. The normalized spacial score (nSPS) is 12.9. The molecule has 1 aliphatic rings. The van der Waals surface area contributed by atoms with Gasteiger partial charge in [-0.1, -0.05) is 12.1 Å². The molecule has 0 radical (unpaired) electrons. The molecule has 4 aromatic rings. The monoisotopic (exact) mass is 410 g/mol. The molecule has 0 atom stereocenters. The Morgan fingerprint density at radius 2 is 2.00 bits per heavy atom. The Labute approximate surface area is 168 Å². The van der Waals surface area contributed by atoms with E-state index in [9.17, 15) is 9.18 Å². The lowest BCUT2D eigenvalue weighted by Crippen LogP contribution is -2.15. The van der Waals surface area contributed by atoms with Gasteiger partial charge in [0.05, 0.1) is 5.69 Å². The molecule has 0 unspecified atom stereocenters. The number of anilines is 1. The number of nitrogens with zero attached hydrogens (tertiary/aromatic N) is 1. The van der Waals surface area contributed by atoms with Crippen LogP contribution in [0.15, 0.2) is 46.2 Å². The summed E-state index contributed by atoms with van der Waals surface area (Å²) in [6.45, 7) is 2.76. The van der Waals surface area contributed by atoms with E-state index in [1.807, 2.05) is 23.6 Å². The average molecular weight is 410 g/mol. The standard InChI is InChI=1S/C21H15FN2O4S/c1-11-13-3-2-4-14(22)19(13)28-18(11)20(25)24-21-23-15(10-29-21)12-5-6-16-17(9-12)27-8-7-26-16/h2-6,9-10H,7-8H2,1H3,(H,23,24,25). The summed E-state index contributed by atoms with van der Waals surface area (Å²) in [6.07, 6.45) is 0. The van der Waals surface area contributed by atoms with E-state index in [1.165, 1.54) is 17.4 Å². The molecule has 0 aliphatic carbocycles. The van der Waals surface area contributed by atoms with Crippen LogP contribution in [0.2, 0.25) is 0 Å². The van der Waals surface area contributed by atoms with Crippen LogP contribution in [0.3, 0.4) is 0 Å². The van der Waals surface area contributed by atoms with Crippen molar-refractivity contribution in [3.05, 3.63) is 58.9 Å². The fraction of sp³-hybridized carbons (Fsp3) is 0.143. The van der Waals surface area contributed by atoms with E-state index < -0.39 is 11.7 Å². The number of amides is 1. The fourth-order valence-electron chi connectivity index (χ4n) is 3.25. The second-order valence-corrected chi connectivity index (χ2v) is 7.38. The second-order valence-electron chi connectivity index (χ2n) is 6.52. The highest BCUT2D eigenvalue weighted by atomic mass is 32.1. The van der Waals surface area contributed by atoms with Gasteiger partial charge < -0.3 is 13.9 Å². The zero-order chi connectivity index (χ0) is 20.0. The number of nitrogens with one attached hydrogen (secondary N) is 1. The van der Waals surface area contributed by atoms with Gasteiger partial charge in [-0.15, -0.1) is 11.3 Å². The van der Waals surface area contributed by atoms with E-state index in [0.717, 1.165) is 5.56 Å². The number of thiazole rings is 1. The molecule has 2 aromatic heterocycles. The van der Waals surface area contributed by atoms with Gasteiger partial charge in [0.1, 0.15) is 13.2 Å². The number of benzene rings is 2. The molecule has 146 valence electrons. The molecule has 3 heterocycles. The van der Waals surface area contributed by atoms with Crippen LogP contribution in [-0.4, -0.2) is 24.1 Å². The van der Waals surface area contributed by atoms with Crippen LogP contribution >= 0.6 is 11.3 Å². The predicted molar refractivity (Wildman–Crippen MR) is 107 cm³/mol. The summed E-state index contributed by atoms with van der Waals surface area (Å²) in [7, 11) is 0. The SMILES string of the molecule is Cc1c(C(=O)Nc2nc(-c3ccc4c(c3)OCCO4)cs2)oc2c(F)cccc12. The molecule has 0 saturated heterocycles. The van der Waals surface area contributed by atoms with Gasteiger partial charge >= 0.3 is 0 Å². The maximum atomic E-state index is 13.9. The van der Waals surface area contributed by atoms with Crippen molar-refractivity contribution in [1.82, 2.24) is 4.98 Å². The summed E-state index contributed by atoms with van der Waals surface area (Å²) in [4.78, 5) is 17.1. The lowest BCUT2D eigenvalue weighted by molar-refractivity contribution is 0.0997. The number of furan rings is 1. The Hall–Kier alpha value is -3.39. The van der Waals surface area contributed by atoms with Gasteiger partial charge in [0.25, 0.3) is 5.91 Å². The first-order valence-corrected chi connectivity index (χ1v) is 9.82. The van der Waals surface area contributed by atoms with Crippen LogP contribution < -0.4 is 14.8 Å². The van der Waals surface area contributed by atoms with E-state index in [0.29, 0.717) is 46.5 Å². The number of rotatable bonds is 3. The lowest BCUT2D eigenvalue weighted by atomic mass is 10.1. The van der Waals surface area contributed by atoms with Gasteiger partial charge in [0.15, 0.2) is 33.8 Å². The molecular formula is C21H15FN2O4S. The third-order valence-electron chi connectivity index (χ3n) is 4.68. The van der Waals surface area contributed by atoms with Gasteiger partial charge in [-0.05, 0) is 31.2 Å². The van der Waals surface area contributed by atoms with Crippen LogP contribution in [0.4, 0.5) is 9.52 Å². The Morgan fingerprint density at radius 3 is 2.83 bits per heavy atom. The molecule has 1 aliphatic heterocycles. The zero-order valence-electron chi connectivity index (χ0n) is 15.3. The summed E-state index contributed by atoms with van der Waals surface area (Å²) in [6, 6.07) is 10.2. The van der Waals surface area contributed by atoms with Crippen molar-refractivity contribution < 1.29 is 23.1 Å². The number of carbonyl (C=O) groups excluding carboxylic acids is 1. The van der Waals surface area contributed by atoms with Gasteiger partial charge in [0, 0.05) is 21.9 Å². The molecule has 0 fully saturated rings. The first-order valence-electron chi connectivity index (χ1n) is 8.94. The van der Waals surface area contributed by atoms with Crippen LogP contribution in [0.1, 0.15) is 16.1 Å². The van der Waals surface area contributed by atoms with Crippen molar-refractivity contribution >= 4 is 33.3 Å². The third kappa shape index (κ3) is 3.11. The van der Waals surface area contributed by atoms with Gasteiger partial charge in [-0.2, -0.15) is 0 Å². The maximum absolute atomic E-state index is 13.9. The molecular weight excluding hydrogens is 395 g/mol. The average Bonchev–Trinajstić information content (AvgIpc) is 3.33. The predicted octanol–water partition coefficient (Wildman–Crippen LogP) is 5.03. The highest BCUT2D eigenvalue weighted by molar-refractivity contribution is 7.14. The maximum Gasteiger partial charge on any atom is 0.293 e. The molecule has 0 saturated carbocycles. The molecule has 8 heteroatoms. The van der Waals surface area contributed by atoms with E-state index in [-0.39, 0.29) is 11.3 Å². The Bertz CT molecular complexity index is 1250. The lowest BCUT2D eigenvalue weighted by Gasteiger charge is -2.18. The number of fused-ring (bicyclic) bond motifs is 2. The number of halogens is 1. The molecule has 29 heavy (non-hydrogen) atoms. The van der Waals surface area contributed by atoms with Gasteiger partial charge in [-0.25, -0.2) is 9.37 Å². The quantitative estimate of drug-likeness (QED) is 0.513. The number of aryl methyl sites for hydroxylation is 1. The molecule has 0 spiro atoms. The topological polar surface area (TPSA) is 73.6 Å². The van der Waals surface area contributed by atoms with Crippen LogP contribution in [-0.2, 0) is 0 Å². The minimum atomic E-state index is -0.500. The van der Waals surface area contributed by atoms with Crippen molar-refractivity contribution in [2.75, 3.05) is 18.5 Å². The highest BCUT2D eigenvalue weighted by Gasteiger charge is 2.21. The van der Waals surface area contributed by atoms with Gasteiger partial charge in [0.2, 0.25) is 0 Å². The summed E-state index contributed by atoms with van der Waals surface area (Å²) in [5, 5.41) is 5.56. The minimum Gasteiger partial charge on any atom is -0.486 e. The number of hydrogen-bond donors (Lipinski definition) is 1. The first-order chi connectivity index (χ1) is 14.1. The molecule has 2 aromatic carbocycles. The Balaban J connectivity index is 1.40. The number of hydrogen-bond acceptors (Lipinski definition) is 6. The molecule has 0 bridgehead atoms. The largest absolute Gasteiger partial charge is 0.486 e. The zero-order valence-corrected chi connectivity index (χ0v) is 16.1. The first kappa shape index (κ1) is 17.7. The van der Waals surface area contributed by atoms with Crippen molar-refractivity contribution in [1.29, 1.82) is 0 Å². The smallest absolute Gasteiger partial charge is 0.293 e. The van der Waals surface area contributed by atoms with Crippen molar-refractivity contribution in [2.45, 2.75) is 6.92 Å². The number of para-hydroxylation sites is 1. The number of aromatic nitrogens is 1. The van der Waals surface area contributed by atoms with Crippen molar-refractivity contribution in [2.24, 2.45) is 0 Å². The Kier molecular flexibility index (Phi) is 4.21. The minimum absolute atomic E-state index is 0.0705. The van der Waals surface area contributed by atoms with Crippen LogP contribution in [0.5, 0.6) is 11.5 Å². The van der Waals surface area contributed by atoms with Crippen LogP contribution in [0, 0.1) is 12.7 Å². The second kappa shape index (κ2) is 6.89. The van der Waals surface area contributed by atoms with E-state index in [2.05, 4.69) is 10.3 Å².